The molecule has 0 spiro atoms. The number of benzene rings is 2. The molecule has 1 amide bonds. The second kappa shape index (κ2) is 7.36. The molecule has 0 aliphatic rings. The van der Waals surface area contributed by atoms with Gasteiger partial charge in [-0.3, -0.25) is 4.79 Å². The maximum absolute atomic E-state index is 12.2. The van der Waals surface area contributed by atoms with Gasteiger partial charge in [-0.2, -0.15) is 5.10 Å². The number of hydrogen-bond donors (Lipinski definition) is 1. The van der Waals surface area contributed by atoms with Gasteiger partial charge < -0.3 is 0 Å². The maximum Gasteiger partial charge on any atom is 0.271 e. The van der Waals surface area contributed by atoms with E-state index < -0.39 is 0 Å². The van der Waals surface area contributed by atoms with E-state index in [1.807, 2.05) is 43.3 Å². The topological polar surface area (TPSA) is 41.5 Å². The van der Waals surface area contributed by atoms with E-state index in [-0.39, 0.29) is 11.8 Å². The van der Waals surface area contributed by atoms with Crippen molar-refractivity contribution in [2.45, 2.75) is 20.8 Å². The molecule has 2 aromatic rings. The van der Waals surface area contributed by atoms with Crippen LogP contribution < -0.4 is 5.43 Å². The molecule has 0 aromatic heterocycles. The lowest BCUT2D eigenvalue weighted by molar-refractivity contribution is 0.0954. The van der Waals surface area contributed by atoms with Crippen LogP contribution in [0.4, 0.5) is 0 Å². The predicted octanol–water partition coefficient (Wildman–Crippen LogP) is 4.55. The molecular formula is C18H19BrN2O. The molecule has 0 heterocycles. The summed E-state index contributed by atoms with van der Waals surface area (Å²) in [6.45, 7) is 6.09. The van der Waals surface area contributed by atoms with E-state index in [0.29, 0.717) is 5.56 Å². The first-order valence-electron chi connectivity index (χ1n) is 7.18. The number of rotatable bonds is 4. The fraction of sp³-hybridized carbons (Fsp3) is 0.222. The van der Waals surface area contributed by atoms with E-state index >= 15 is 0 Å². The lowest BCUT2D eigenvalue weighted by Gasteiger charge is -2.11. The van der Waals surface area contributed by atoms with Crippen molar-refractivity contribution < 1.29 is 4.79 Å². The van der Waals surface area contributed by atoms with Crippen LogP contribution in [0.15, 0.2) is 58.1 Å². The summed E-state index contributed by atoms with van der Waals surface area (Å²) in [5.74, 6) is 0.00207. The molecule has 0 radical (unpaired) electrons. The number of nitrogens with zero attached hydrogens (tertiary/aromatic N) is 1. The first-order valence-corrected chi connectivity index (χ1v) is 7.98. The van der Waals surface area contributed by atoms with Gasteiger partial charge in [0.2, 0.25) is 0 Å². The normalized spacial score (nSPS) is 11.6. The molecule has 0 aliphatic heterocycles. The van der Waals surface area contributed by atoms with Crippen molar-refractivity contribution in [3.8, 4) is 0 Å². The number of nitrogens with one attached hydrogen (secondary N) is 1. The van der Waals surface area contributed by atoms with E-state index in [2.05, 4.69) is 40.3 Å². The third-order valence-corrected chi connectivity index (χ3v) is 4.18. The monoisotopic (exact) mass is 358 g/mol. The van der Waals surface area contributed by atoms with Gasteiger partial charge in [-0.15, -0.1) is 0 Å². The summed E-state index contributed by atoms with van der Waals surface area (Å²) >= 11 is 3.44. The van der Waals surface area contributed by atoms with Gasteiger partial charge in [0.25, 0.3) is 5.91 Å². The highest BCUT2D eigenvalue weighted by atomic mass is 79.9. The van der Waals surface area contributed by atoms with Gasteiger partial charge in [0.1, 0.15) is 0 Å². The number of aryl methyl sites for hydroxylation is 1. The molecule has 0 bridgehead atoms. The first kappa shape index (κ1) is 16.4. The first-order chi connectivity index (χ1) is 10.5. The molecule has 0 fully saturated rings. The highest BCUT2D eigenvalue weighted by Gasteiger charge is 2.11. The Morgan fingerprint density at radius 3 is 2.36 bits per heavy atom. The van der Waals surface area contributed by atoms with E-state index in [1.54, 1.807) is 12.1 Å². The van der Waals surface area contributed by atoms with Crippen molar-refractivity contribution in [2.75, 3.05) is 0 Å². The Morgan fingerprint density at radius 2 is 1.77 bits per heavy atom. The molecule has 2 rings (SSSR count). The van der Waals surface area contributed by atoms with Gasteiger partial charge in [0.15, 0.2) is 0 Å². The summed E-state index contributed by atoms with van der Waals surface area (Å²) in [6.07, 6.45) is 0. The molecule has 114 valence electrons. The Balaban J connectivity index is 2.20. The van der Waals surface area contributed by atoms with E-state index in [9.17, 15) is 4.79 Å². The van der Waals surface area contributed by atoms with Crippen LogP contribution in [0, 0.1) is 12.8 Å². The van der Waals surface area contributed by atoms with E-state index in [4.69, 9.17) is 0 Å². The van der Waals surface area contributed by atoms with Crippen LogP contribution in [0.5, 0.6) is 0 Å². The number of halogens is 1. The molecule has 4 heteroatoms. The van der Waals surface area contributed by atoms with Gasteiger partial charge in [-0.1, -0.05) is 66.2 Å². The molecule has 0 saturated heterocycles. The molecule has 3 nitrogen and oxygen atoms in total. The largest absolute Gasteiger partial charge is 0.271 e. The number of amides is 1. The van der Waals surface area contributed by atoms with Gasteiger partial charge in [0.05, 0.1) is 5.71 Å². The summed E-state index contributed by atoms with van der Waals surface area (Å²) in [5, 5.41) is 4.32. The van der Waals surface area contributed by atoms with Crippen LogP contribution in [0.3, 0.4) is 0 Å². The Morgan fingerprint density at radius 1 is 1.09 bits per heavy atom. The van der Waals surface area contributed by atoms with Crippen molar-refractivity contribution in [3.63, 3.8) is 0 Å². The highest BCUT2D eigenvalue weighted by molar-refractivity contribution is 9.10. The van der Waals surface area contributed by atoms with Crippen LogP contribution in [0.2, 0.25) is 0 Å². The van der Waals surface area contributed by atoms with Crippen molar-refractivity contribution in [3.05, 3.63) is 69.7 Å². The van der Waals surface area contributed by atoms with Crippen LogP contribution in [0.25, 0.3) is 0 Å². The van der Waals surface area contributed by atoms with Crippen molar-refractivity contribution in [2.24, 2.45) is 11.0 Å². The van der Waals surface area contributed by atoms with Crippen LogP contribution in [0.1, 0.15) is 35.3 Å². The zero-order valence-electron chi connectivity index (χ0n) is 12.9. The molecule has 0 atom stereocenters. The summed E-state index contributed by atoms with van der Waals surface area (Å²) in [4.78, 5) is 12.2. The second-order valence-corrected chi connectivity index (χ2v) is 6.28. The fourth-order valence-electron chi connectivity index (χ4n) is 2.05. The summed E-state index contributed by atoms with van der Waals surface area (Å²) in [5.41, 5.74) is 6.20. The van der Waals surface area contributed by atoms with Crippen LogP contribution in [-0.2, 0) is 0 Å². The average Bonchev–Trinajstić information content (AvgIpc) is 2.50. The highest BCUT2D eigenvalue weighted by Crippen LogP contribution is 2.17. The Bertz CT molecular complexity index is 693. The van der Waals surface area contributed by atoms with Gasteiger partial charge >= 0.3 is 0 Å². The van der Waals surface area contributed by atoms with Crippen LogP contribution in [-0.4, -0.2) is 11.6 Å². The SMILES string of the molecule is Cc1ccc(C(=O)NN=C(c2ccccc2)C(C)C)cc1Br. The van der Waals surface area contributed by atoms with Gasteiger partial charge in [0, 0.05) is 10.0 Å². The van der Waals surface area contributed by atoms with Crippen molar-refractivity contribution in [1.82, 2.24) is 5.43 Å². The summed E-state index contributed by atoms with van der Waals surface area (Å²) in [7, 11) is 0. The van der Waals surface area contributed by atoms with E-state index in [0.717, 1.165) is 21.3 Å². The number of carbonyl (C=O) groups is 1. The fourth-order valence-corrected chi connectivity index (χ4v) is 2.42. The summed E-state index contributed by atoms with van der Waals surface area (Å²) < 4.78 is 0.913. The predicted molar refractivity (Wildman–Crippen MR) is 94.2 cm³/mol. The molecule has 22 heavy (non-hydrogen) atoms. The molecule has 0 aliphatic carbocycles. The second-order valence-electron chi connectivity index (χ2n) is 5.42. The van der Waals surface area contributed by atoms with Gasteiger partial charge in [-0.05, 0) is 36.1 Å². The number of hydrazone groups is 1. The zero-order valence-corrected chi connectivity index (χ0v) is 14.5. The number of carbonyl (C=O) groups excluding carboxylic acids is 1. The minimum Gasteiger partial charge on any atom is -0.267 e. The lowest BCUT2D eigenvalue weighted by atomic mass is 10.0. The quantitative estimate of drug-likeness (QED) is 0.632. The van der Waals surface area contributed by atoms with Crippen molar-refractivity contribution in [1.29, 1.82) is 0 Å². The average molecular weight is 359 g/mol. The Kier molecular flexibility index (Phi) is 5.50. The third kappa shape index (κ3) is 4.04. The molecule has 0 unspecified atom stereocenters. The van der Waals surface area contributed by atoms with Crippen LogP contribution >= 0.6 is 15.9 Å². The Hall–Kier alpha value is -1.94. The van der Waals surface area contributed by atoms with E-state index in [1.165, 1.54) is 0 Å². The molecule has 0 saturated carbocycles. The molecule has 2 aromatic carbocycles. The standard InChI is InChI=1S/C18H19BrN2O/c1-12(2)17(14-7-5-4-6-8-14)20-21-18(22)15-10-9-13(3)16(19)11-15/h4-12H,1-3H3,(H,21,22). The lowest BCUT2D eigenvalue weighted by Crippen LogP contribution is -2.22. The maximum atomic E-state index is 12.2. The third-order valence-electron chi connectivity index (χ3n) is 3.33. The Labute approximate surface area is 139 Å². The molecule has 1 N–H and O–H groups in total. The summed E-state index contributed by atoms with van der Waals surface area (Å²) in [6, 6.07) is 15.4. The molecular weight excluding hydrogens is 340 g/mol. The minimum absolute atomic E-state index is 0.213. The van der Waals surface area contributed by atoms with Crippen molar-refractivity contribution >= 4 is 27.5 Å². The number of hydrogen-bond acceptors (Lipinski definition) is 2. The van der Waals surface area contributed by atoms with Gasteiger partial charge in [-0.25, -0.2) is 5.43 Å². The zero-order chi connectivity index (χ0) is 16.1. The smallest absolute Gasteiger partial charge is 0.267 e. The minimum atomic E-state index is -0.213.